The van der Waals surface area contributed by atoms with Crippen molar-refractivity contribution in [3.05, 3.63) is 34.3 Å². The summed E-state index contributed by atoms with van der Waals surface area (Å²) in [7, 11) is 0. The molecule has 1 aromatic rings. The van der Waals surface area contributed by atoms with Gasteiger partial charge in [-0.1, -0.05) is 47.5 Å². The van der Waals surface area contributed by atoms with Crippen LogP contribution >= 0.6 is 15.9 Å². The van der Waals surface area contributed by atoms with Gasteiger partial charge in [0.1, 0.15) is 6.17 Å². The van der Waals surface area contributed by atoms with Crippen LogP contribution in [0.3, 0.4) is 0 Å². The molecule has 0 spiro atoms. The molecule has 17 heavy (non-hydrogen) atoms. The quantitative estimate of drug-likeness (QED) is 0.694. The van der Waals surface area contributed by atoms with Gasteiger partial charge in [-0.2, -0.15) is 0 Å². The van der Waals surface area contributed by atoms with Gasteiger partial charge in [0.25, 0.3) is 0 Å². The Kier molecular flexibility index (Phi) is 4.61. The molecule has 0 radical (unpaired) electrons. The van der Waals surface area contributed by atoms with Gasteiger partial charge in [0.2, 0.25) is 0 Å². The minimum atomic E-state index is -0.610. The van der Waals surface area contributed by atoms with Crippen LogP contribution in [-0.4, -0.2) is 6.17 Å². The summed E-state index contributed by atoms with van der Waals surface area (Å²) in [5, 5.41) is 0. The first-order valence-electron chi connectivity index (χ1n) is 6.60. The lowest BCUT2D eigenvalue weighted by molar-refractivity contribution is 0.142. The lowest BCUT2D eigenvalue weighted by Gasteiger charge is -2.32. The fraction of sp³-hybridized carbons (Fsp3) is 0.600. The van der Waals surface area contributed by atoms with E-state index in [1.165, 1.54) is 5.56 Å². The molecule has 0 bridgehead atoms. The van der Waals surface area contributed by atoms with Crippen molar-refractivity contribution in [2.24, 2.45) is 5.92 Å². The smallest absolute Gasteiger partial charge is 0.103 e. The first-order chi connectivity index (χ1) is 8.22. The maximum atomic E-state index is 14.1. The number of rotatable bonds is 3. The van der Waals surface area contributed by atoms with E-state index < -0.39 is 6.17 Å². The maximum Gasteiger partial charge on any atom is 0.103 e. The zero-order valence-corrected chi connectivity index (χ0v) is 11.9. The predicted molar refractivity (Wildman–Crippen MR) is 74.0 cm³/mol. The summed E-state index contributed by atoms with van der Waals surface area (Å²) in [5.74, 6) is 0.701. The van der Waals surface area contributed by atoms with Crippen molar-refractivity contribution in [3.63, 3.8) is 0 Å². The van der Waals surface area contributed by atoms with Crippen molar-refractivity contribution in [3.8, 4) is 0 Å². The fourth-order valence-corrected chi connectivity index (χ4v) is 3.57. The van der Waals surface area contributed by atoms with Crippen LogP contribution in [-0.2, 0) is 0 Å². The normalized spacial score (nSPS) is 29.2. The Morgan fingerprint density at radius 1 is 1.29 bits per heavy atom. The van der Waals surface area contributed by atoms with Crippen LogP contribution in [0.2, 0.25) is 0 Å². The van der Waals surface area contributed by atoms with E-state index in [9.17, 15) is 4.39 Å². The van der Waals surface area contributed by atoms with Crippen molar-refractivity contribution in [1.82, 2.24) is 0 Å². The molecule has 1 aliphatic rings. The van der Waals surface area contributed by atoms with E-state index in [0.29, 0.717) is 18.3 Å². The largest absolute Gasteiger partial charge is 0.247 e. The molecule has 0 heterocycles. The van der Waals surface area contributed by atoms with Crippen LogP contribution in [0.5, 0.6) is 0 Å². The fourth-order valence-electron chi connectivity index (χ4n) is 2.96. The summed E-state index contributed by atoms with van der Waals surface area (Å²) >= 11 is 3.58. The first kappa shape index (κ1) is 13.1. The van der Waals surface area contributed by atoms with Gasteiger partial charge in [0.15, 0.2) is 0 Å². The van der Waals surface area contributed by atoms with E-state index in [1.54, 1.807) is 0 Å². The van der Waals surface area contributed by atoms with E-state index in [0.717, 1.165) is 30.2 Å². The molecule has 0 N–H and O–H groups in total. The third kappa shape index (κ3) is 3.09. The highest BCUT2D eigenvalue weighted by molar-refractivity contribution is 9.10. The summed E-state index contributed by atoms with van der Waals surface area (Å²) in [6.07, 6.45) is 4.41. The molecule has 94 valence electrons. The second-order valence-electron chi connectivity index (χ2n) is 5.10. The molecule has 2 rings (SSSR count). The standard InChI is InChI=1S/C15H20BrF/c1-2-5-11-8-9-12(10-15(11)17)13-6-3-4-7-14(13)16/h3-4,6-7,11-12,15H,2,5,8-10H2,1H3. The number of alkyl halides is 1. The van der Waals surface area contributed by atoms with Crippen LogP contribution in [0, 0.1) is 5.92 Å². The number of halogens is 2. The number of benzene rings is 1. The zero-order chi connectivity index (χ0) is 12.3. The molecule has 0 saturated heterocycles. The highest BCUT2D eigenvalue weighted by Crippen LogP contribution is 2.41. The van der Waals surface area contributed by atoms with E-state index in [-0.39, 0.29) is 0 Å². The van der Waals surface area contributed by atoms with Crippen molar-refractivity contribution < 1.29 is 4.39 Å². The van der Waals surface area contributed by atoms with Crippen LogP contribution < -0.4 is 0 Å². The van der Waals surface area contributed by atoms with E-state index >= 15 is 0 Å². The summed E-state index contributed by atoms with van der Waals surface area (Å²) in [4.78, 5) is 0. The highest BCUT2D eigenvalue weighted by atomic mass is 79.9. The summed E-state index contributed by atoms with van der Waals surface area (Å²) < 4.78 is 15.2. The van der Waals surface area contributed by atoms with Gasteiger partial charge in [-0.3, -0.25) is 0 Å². The molecule has 1 aliphatic carbocycles. The van der Waals surface area contributed by atoms with Crippen molar-refractivity contribution in [1.29, 1.82) is 0 Å². The van der Waals surface area contributed by atoms with Gasteiger partial charge >= 0.3 is 0 Å². The average molecular weight is 299 g/mol. The van der Waals surface area contributed by atoms with Gasteiger partial charge in [-0.25, -0.2) is 4.39 Å². The van der Waals surface area contributed by atoms with Gasteiger partial charge < -0.3 is 0 Å². The Morgan fingerprint density at radius 2 is 2.06 bits per heavy atom. The topological polar surface area (TPSA) is 0 Å². The molecule has 3 atom stereocenters. The summed E-state index contributed by atoms with van der Waals surface area (Å²) in [6, 6.07) is 8.25. The van der Waals surface area contributed by atoms with Crippen LogP contribution in [0.1, 0.15) is 50.5 Å². The van der Waals surface area contributed by atoms with Crippen LogP contribution in [0.25, 0.3) is 0 Å². The van der Waals surface area contributed by atoms with Crippen LogP contribution in [0.4, 0.5) is 4.39 Å². The zero-order valence-electron chi connectivity index (χ0n) is 10.3. The lowest BCUT2D eigenvalue weighted by Crippen LogP contribution is -2.25. The Morgan fingerprint density at radius 3 is 2.71 bits per heavy atom. The van der Waals surface area contributed by atoms with Crippen molar-refractivity contribution >= 4 is 15.9 Å². The molecule has 1 fully saturated rings. The molecule has 0 aromatic heterocycles. The summed E-state index contributed by atoms with van der Waals surface area (Å²) in [6.45, 7) is 2.15. The van der Waals surface area contributed by atoms with E-state index in [4.69, 9.17) is 0 Å². The Hall–Kier alpha value is -0.370. The Labute approximate surface area is 112 Å². The predicted octanol–water partition coefficient (Wildman–Crippen LogP) is 5.47. The van der Waals surface area contributed by atoms with E-state index in [2.05, 4.69) is 35.0 Å². The molecule has 2 heteroatoms. The summed E-state index contributed by atoms with van der Waals surface area (Å²) in [5.41, 5.74) is 1.28. The molecular formula is C15H20BrF. The van der Waals surface area contributed by atoms with E-state index in [1.807, 2.05) is 12.1 Å². The third-order valence-electron chi connectivity index (χ3n) is 3.91. The molecule has 1 aromatic carbocycles. The molecule has 0 nitrogen and oxygen atoms in total. The van der Waals surface area contributed by atoms with Crippen molar-refractivity contribution in [2.45, 2.75) is 51.1 Å². The molecule has 3 unspecified atom stereocenters. The maximum absolute atomic E-state index is 14.1. The number of hydrogen-bond donors (Lipinski definition) is 0. The molecular weight excluding hydrogens is 279 g/mol. The second-order valence-corrected chi connectivity index (χ2v) is 5.95. The van der Waals surface area contributed by atoms with Crippen LogP contribution in [0.15, 0.2) is 28.7 Å². The first-order valence-corrected chi connectivity index (χ1v) is 7.40. The minimum Gasteiger partial charge on any atom is -0.247 e. The molecule has 0 amide bonds. The molecule has 0 aliphatic heterocycles. The van der Waals surface area contributed by atoms with Crippen molar-refractivity contribution in [2.75, 3.05) is 0 Å². The van der Waals surface area contributed by atoms with Gasteiger partial charge in [-0.05, 0) is 49.1 Å². The second kappa shape index (κ2) is 5.99. The minimum absolute atomic E-state index is 0.304. The van der Waals surface area contributed by atoms with Gasteiger partial charge in [0.05, 0.1) is 0 Å². The lowest BCUT2D eigenvalue weighted by atomic mass is 9.76. The SMILES string of the molecule is CCCC1CCC(c2ccccc2Br)CC1F. The monoisotopic (exact) mass is 298 g/mol. The molecule has 1 saturated carbocycles. The van der Waals surface area contributed by atoms with Gasteiger partial charge in [0, 0.05) is 4.47 Å². The highest BCUT2D eigenvalue weighted by Gasteiger charge is 2.31. The third-order valence-corrected chi connectivity index (χ3v) is 4.63. The number of hydrogen-bond acceptors (Lipinski definition) is 0. The Bertz CT molecular complexity index is 364. The Balaban J connectivity index is 2.04. The van der Waals surface area contributed by atoms with Gasteiger partial charge in [-0.15, -0.1) is 0 Å². The average Bonchev–Trinajstić information content (AvgIpc) is 2.33.